The van der Waals surface area contributed by atoms with Crippen molar-refractivity contribution in [1.29, 1.82) is 0 Å². The molecular formula is C25H35N6O7PS. The van der Waals surface area contributed by atoms with E-state index in [4.69, 9.17) is 36.3 Å². The number of aliphatic hydroxyl groups is 2. The molecule has 6 N–H and O–H groups in total. The Hall–Kier alpha value is -2.84. The molecule has 218 valence electrons. The van der Waals surface area contributed by atoms with Gasteiger partial charge >= 0.3 is 5.95 Å². The third kappa shape index (κ3) is 6.89. The van der Waals surface area contributed by atoms with E-state index in [1.54, 1.807) is 19.1 Å². The summed E-state index contributed by atoms with van der Waals surface area (Å²) >= 11 is 5.32. The van der Waals surface area contributed by atoms with Gasteiger partial charge in [0.2, 0.25) is 0 Å². The van der Waals surface area contributed by atoms with Gasteiger partial charge in [-0.1, -0.05) is 39.0 Å². The zero-order chi connectivity index (χ0) is 29.3. The molecule has 1 unspecified atom stereocenters. The molecule has 5 atom stereocenters. The lowest BCUT2D eigenvalue weighted by molar-refractivity contribution is -0.0947. The van der Waals surface area contributed by atoms with Crippen molar-refractivity contribution in [2.75, 3.05) is 18.9 Å². The first kappa shape index (κ1) is 30.1. The van der Waals surface area contributed by atoms with Crippen molar-refractivity contribution < 1.29 is 33.8 Å². The maximum absolute atomic E-state index is 11.1. The average molecular weight is 595 g/mol. The van der Waals surface area contributed by atoms with Crippen LogP contribution in [0.3, 0.4) is 0 Å². The van der Waals surface area contributed by atoms with Crippen molar-refractivity contribution in [3.05, 3.63) is 54.6 Å². The number of rotatable bonds is 10. The zero-order valence-corrected chi connectivity index (χ0v) is 24.6. The highest BCUT2D eigenvalue weighted by Gasteiger charge is 2.53. The van der Waals surface area contributed by atoms with Crippen LogP contribution in [0.2, 0.25) is 0 Å². The molecule has 4 rings (SSSR count). The van der Waals surface area contributed by atoms with Crippen LogP contribution in [0.1, 0.15) is 40.8 Å². The second-order valence-corrected chi connectivity index (χ2v) is 13.9. The largest absolute Gasteiger partial charge is 0.463 e. The Bertz CT molecular complexity index is 1410. The fraction of sp³-hybridized carbons (Fsp3) is 0.480. The molecule has 0 bridgehead atoms. The number of imidazole rings is 1. The highest BCUT2D eigenvalue weighted by atomic mass is 32.5. The standard InChI is InChI=1S/C25H35N6O7PS/c1-15(22(35-12-24(2,3)4)37-16-9-7-6-8-10-16)30-39(34,40)36-11-17-19(32)25(5,33)23(38-17)31-14-29-18-20(26)27-13-28-21(18)31/h6-10,13-14,17,19,23,32-33H,11-12H2,1-5H3,(H2,26,27,28)(H2,30,34,40)/t17-,19-,23-,25-,39?/m1/s1. The van der Waals surface area contributed by atoms with Crippen LogP contribution in [0.25, 0.3) is 11.2 Å². The number of benzene rings is 1. The van der Waals surface area contributed by atoms with Crippen molar-refractivity contribution in [3.8, 4) is 5.75 Å². The molecule has 0 radical (unpaired) electrons. The maximum atomic E-state index is 11.1. The van der Waals surface area contributed by atoms with Gasteiger partial charge in [-0.15, -0.1) is 0 Å². The number of ether oxygens (including phenoxy) is 3. The van der Waals surface area contributed by atoms with Crippen molar-refractivity contribution >= 4 is 35.4 Å². The van der Waals surface area contributed by atoms with E-state index in [1.165, 1.54) is 24.1 Å². The second kappa shape index (κ2) is 11.6. The van der Waals surface area contributed by atoms with E-state index in [9.17, 15) is 15.1 Å². The highest BCUT2D eigenvalue weighted by Crippen LogP contribution is 2.44. The number of nitrogens with zero attached hydrogens (tertiary/aromatic N) is 4. The van der Waals surface area contributed by atoms with E-state index >= 15 is 0 Å². The van der Waals surface area contributed by atoms with Gasteiger partial charge in [-0.25, -0.2) is 15.0 Å². The summed E-state index contributed by atoms with van der Waals surface area (Å²) in [5.41, 5.74) is 4.91. The molecule has 1 aliphatic heterocycles. The Morgan fingerprint density at radius 2 is 1.95 bits per heavy atom. The molecule has 13 nitrogen and oxygen atoms in total. The van der Waals surface area contributed by atoms with Gasteiger partial charge < -0.3 is 44.7 Å². The Kier molecular flexibility index (Phi) is 8.71. The quantitative estimate of drug-likeness (QED) is 0.171. The molecule has 1 fully saturated rings. The zero-order valence-electron chi connectivity index (χ0n) is 22.9. The van der Waals surface area contributed by atoms with Crippen molar-refractivity contribution in [1.82, 2.24) is 24.6 Å². The monoisotopic (exact) mass is 594 g/mol. The maximum Gasteiger partial charge on any atom is 0.304 e. The lowest BCUT2D eigenvalue weighted by Crippen LogP contribution is -2.44. The minimum atomic E-state index is -3.68. The smallest absolute Gasteiger partial charge is 0.304 e. The van der Waals surface area contributed by atoms with E-state index in [1.807, 2.05) is 39.0 Å². The number of anilines is 1. The lowest BCUT2D eigenvalue weighted by atomic mass is 9.96. The summed E-state index contributed by atoms with van der Waals surface area (Å²) in [6.45, 7) is 5.42. The van der Waals surface area contributed by atoms with E-state index < -0.39 is 30.7 Å². The Balaban J connectivity index is 1.47. The first-order valence-electron chi connectivity index (χ1n) is 12.5. The van der Waals surface area contributed by atoms with E-state index in [0.29, 0.717) is 29.2 Å². The minimum Gasteiger partial charge on any atom is -0.463 e. The molecule has 40 heavy (non-hydrogen) atoms. The van der Waals surface area contributed by atoms with Crippen molar-refractivity contribution in [2.45, 2.75) is 58.7 Å². The van der Waals surface area contributed by atoms with Gasteiger partial charge in [0.15, 0.2) is 17.7 Å². The number of allylic oxidation sites excluding steroid dienone is 1. The van der Waals surface area contributed by atoms with Gasteiger partial charge in [-0.2, -0.15) is 0 Å². The number of hydrogen-bond donors (Lipinski definition) is 5. The number of aliphatic hydroxyl groups excluding tert-OH is 1. The van der Waals surface area contributed by atoms with Gasteiger partial charge in [0.05, 0.1) is 25.2 Å². The van der Waals surface area contributed by atoms with Gasteiger partial charge in [-0.3, -0.25) is 4.57 Å². The summed E-state index contributed by atoms with van der Waals surface area (Å²) in [5.74, 6) is 0.829. The van der Waals surface area contributed by atoms with E-state index in [2.05, 4.69) is 20.0 Å². The highest BCUT2D eigenvalue weighted by molar-refractivity contribution is 8.08. The predicted octanol–water partition coefficient (Wildman–Crippen LogP) is 2.57. The number of nitrogen functional groups attached to an aromatic ring is 1. The molecule has 2 aromatic heterocycles. The number of hydrogen-bond acceptors (Lipinski definition) is 11. The number of aromatic nitrogens is 4. The first-order chi connectivity index (χ1) is 18.7. The number of nitrogens with two attached hydrogens (primary N) is 1. The molecule has 1 aliphatic rings. The molecule has 0 amide bonds. The van der Waals surface area contributed by atoms with Crippen LogP contribution < -0.4 is 15.6 Å². The Morgan fingerprint density at radius 1 is 1.25 bits per heavy atom. The average Bonchev–Trinajstić information content (AvgIpc) is 3.39. The molecule has 3 aromatic rings. The predicted molar refractivity (Wildman–Crippen MR) is 151 cm³/mol. The van der Waals surface area contributed by atoms with Crippen LogP contribution in [-0.2, 0) is 25.8 Å². The van der Waals surface area contributed by atoms with Crippen LogP contribution in [-0.4, -0.2) is 65.6 Å². The minimum absolute atomic E-state index is 0.126. The van der Waals surface area contributed by atoms with Crippen LogP contribution in [0.15, 0.2) is 54.6 Å². The first-order valence-corrected chi connectivity index (χ1v) is 15.2. The molecule has 1 aromatic carbocycles. The molecule has 3 heterocycles. The summed E-state index contributed by atoms with van der Waals surface area (Å²) in [6, 6.07) is 9.04. The summed E-state index contributed by atoms with van der Waals surface area (Å²) < 4.78 is 24.9. The lowest BCUT2D eigenvalue weighted by Gasteiger charge is -2.27. The second-order valence-electron chi connectivity index (χ2n) is 10.9. The van der Waals surface area contributed by atoms with Gasteiger partial charge in [0.25, 0.3) is 6.64 Å². The fourth-order valence-corrected chi connectivity index (χ4v) is 5.50. The topological polar surface area (TPSA) is 179 Å². The molecule has 0 saturated carbocycles. The number of para-hydroxylation sites is 1. The molecule has 0 aliphatic carbocycles. The fourth-order valence-electron chi connectivity index (χ4n) is 3.98. The van der Waals surface area contributed by atoms with Gasteiger partial charge in [0, 0.05) is 0 Å². The SMILES string of the molecule is CC(NP(O)(=S)OC[C@H]1O[C@@H](n2cnc3c(N)ncnc32)[C@](C)(O)[C@@H]1O)=C(OCC(C)(C)C)Oc1ccccc1. The summed E-state index contributed by atoms with van der Waals surface area (Å²) in [6.07, 6.45) is -0.871. The Labute approximate surface area is 237 Å². The third-order valence-electron chi connectivity index (χ3n) is 6.01. The normalized spacial score (nSPS) is 25.4. The van der Waals surface area contributed by atoms with E-state index in [-0.39, 0.29) is 23.8 Å². The summed E-state index contributed by atoms with van der Waals surface area (Å²) in [4.78, 5) is 23.2. The molecule has 1 saturated heterocycles. The van der Waals surface area contributed by atoms with Crippen LogP contribution in [0, 0.1) is 5.41 Å². The van der Waals surface area contributed by atoms with Crippen LogP contribution in [0.4, 0.5) is 5.82 Å². The van der Waals surface area contributed by atoms with E-state index in [0.717, 1.165) is 0 Å². The van der Waals surface area contributed by atoms with Gasteiger partial charge in [-0.05, 0) is 43.2 Å². The van der Waals surface area contributed by atoms with Crippen LogP contribution >= 0.6 is 6.64 Å². The number of fused-ring (bicyclic) bond motifs is 1. The Morgan fingerprint density at radius 3 is 2.62 bits per heavy atom. The summed E-state index contributed by atoms with van der Waals surface area (Å²) in [5, 5.41) is 24.8. The van der Waals surface area contributed by atoms with Crippen molar-refractivity contribution in [3.63, 3.8) is 0 Å². The number of nitrogens with one attached hydrogen (secondary N) is 1. The summed E-state index contributed by atoms with van der Waals surface area (Å²) in [7, 11) is 0. The van der Waals surface area contributed by atoms with Crippen LogP contribution in [0.5, 0.6) is 5.75 Å². The third-order valence-corrected chi connectivity index (χ3v) is 7.72. The molecular weight excluding hydrogens is 559 g/mol. The van der Waals surface area contributed by atoms with Gasteiger partial charge in [0.1, 0.15) is 35.4 Å². The molecule has 0 spiro atoms. The van der Waals surface area contributed by atoms with Crippen molar-refractivity contribution in [2.24, 2.45) is 5.41 Å². The molecule has 15 heteroatoms.